The SMILES string of the molecule is CSc1ccc(CN(C)C(=O)C2(C#N)CC2)cc1. The van der Waals surface area contributed by atoms with Gasteiger partial charge in [-0.1, -0.05) is 12.1 Å². The minimum absolute atomic E-state index is 0.0426. The van der Waals surface area contributed by atoms with Gasteiger partial charge in [-0.3, -0.25) is 4.79 Å². The van der Waals surface area contributed by atoms with Gasteiger partial charge in [0.05, 0.1) is 6.07 Å². The number of carbonyl (C=O) groups excluding carboxylic acids is 1. The number of amides is 1. The minimum atomic E-state index is -0.714. The Balaban J connectivity index is 2.00. The van der Waals surface area contributed by atoms with Crippen LogP contribution in [0.25, 0.3) is 0 Å². The molecule has 1 saturated carbocycles. The van der Waals surface area contributed by atoms with Gasteiger partial charge < -0.3 is 4.90 Å². The number of benzene rings is 1. The summed E-state index contributed by atoms with van der Waals surface area (Å²) in [7, 11) is 1.77. The summed E-state index contributed by atoms with van der Waals surface area (Å²) >= 11 is 1.70. The fourth-order valence-corrected chi connectivity index (χ4v) is 2.35. The van der Waals surface area contributed by atoms with E-state index in [1.54, 1.807) is 23.7 Å². The van der Waals surface area contributed by atoms with Gasteiger partial charge in [0, 0.05) is 18.5 Å². The molecule has 18 heavy (non-hydrogen) atoms. The van der Waals surface area contributed by atoms with Crippen LogP contribution in [0, 0.1) is 16.7 Å². The van der Waals surface area contributed by atoms with E-state index >= 15 is 0 Å². The van der Waals surface area contributed by atoms with E-state index in [0.717, 1.165) is 5.56 Å². The second kappa shape index (κ2) is 5.03. The summed E-state index contributed by atoms with van der Waals surface area (Å²) in [6.07, 6.45) is 3.45. The average molecular weight is 260 g/mol. The van der Waals surface area contributed by atoms with Crippen LogP contribution in [-0.4, -0.2) is 24.1 Å². The molecule has 94 valence electrons. The molecule has 0 atom stereocenters. The molecule has 1 amide bonds. The van der Waals surface area contributed by atoms with Gasteiger partial charge in [-0.15, -0.1) is 11.8 Å². The van der Waals surface area contributed by atoms with E-state index in [9.17, 15) is 4.79 Å². The molecule has 1 aromatic carbocycles. The first kappa shape index (κ1) is 13.0. The molecule has 0 saturated heterocycles. The first-order chi connectivity index (χ1) is 8.61. The fraction of sp³-hybridized carbons (Fsp3) is 0.429. The maximum atomic E-state index is 12.1. The maximum Gasteiger partial charge on any atom is 0.243 e. The van der Waals surface area contributed by atoms with Crippen LogP contribution >= 0.6 is 11.8 Å². The predicted octanol–water partition coefficient (Wildman–Crippen LogP) is 2.67. The van der Waals surface area contributed by atoms with Crippen LogP contribution in [0.2, 0.25) is 0 Å². The molecule has 1 aliphatic rings. The highest BCUT2D eigenvalue weighted by Gasteiger charge is 2.51. The van der Waals surface area contributed by atoms with Crippen molar-refractivity contribution < 1.29 is 4.79 Å². The average Bonchev–Trinajstić information content (AvgIpc) is 3.19. The highest BCUT2D eigenvalue weighted by molar-refractivity contribution is 7.98. The van der Waals surface area contributed by atoms with Crippen molar-refractivity contribution >= 4 is 17.7 Å². The number of nitrogens with zero attached hydrogens (tertiary/aromatic N) is 2. The molecule has 1 aromatic rings. The zero-order chi connectivity index (χ0) is 13.2. The molecular weight excluding hydrogens is 244 g/mol. The van der Waals surface area contributed by atoms with Crippen LogP contribution < -0.4 is 0 Å². The summed E-state index contributed by atoms with van der Waals surface area (Å²) in [6, 6.07) is 10.3. The summed E-state index contributed by atoms with van der Waals surface area (Å²) < 4.78 is 0. The third-order valence-corrected chi connectivity index (χ3v) is 4.04. The molecular formula is C14H16N2OS. The number of hydrogen-bond donors (Lipinski definition) is 0. The number of hydrogen-bond acceptors (Lipinski definition) is 3. The van der Waals surface area contributed by atoms with Gasteiger partial charge in [0.2, 0.25) is 5.91 Å². The highest BCUT2D eigenvalue weighted by Crippen LogP contribution is 2.46. The summed E-state index contributed by atoms with van der Waals surface area (Å²) in [5.41, 5.74) is 0.380. The van der Waals surface area contributed by atoms with E-state index in [1.807, 2.05) is 18.4 Å². The van der Waals surface area contributed by atoms with Gasteiger partial charge in [-0.25, -0.2) is 0 Å². The zero-order valence-corrected chi connectivity index (χ0v) is 11.5. The lowest BCUT2D eigenvalue weighted by Crippen LogP contribution is -2.32. The van der Waals surface area contributed by atoms with Crippen molar-refractivity contribution in [1.82, 2.24) is 4.90 Å². The van der Waals surface area contributed by atoms with E-state index in [0.29, 0.717) is 19.4 Å². The first-order valence-electron chi connectivity index (χ1n) is 5.91. The Morgan fingerprint density at radius 3 is 2.50 bits per heavy atom. The second-order valence-electron chi connectivity index (χ2n) is 4.70. The lowest BCUT2D eigenvalue weighted by atomic mass is 10.1. The van der Waals surface area contributed by atoms with E-state index in [4.69, 9.17) is 5.26 Å². The van der Waals surface area contributed by atoms with Gasteiger partial charge in [0.25, 0.3) is 0 Å². The topological polar surface area (TPSA) is 44.1 Å². The number of rotatable bonds is 4. The van der Waals surface area contributed by atoms with Crippen molar-refractivity contribution in [2.75, 3.05) is 13.3 Å². The Morgan fingerprint density at radius 1 is 1.44 bits per heavy atom. The van der Waals surface area contributed by atoms with Gasteiger partial charge >= 0.3 is 0 Å². The van der Waals surface area contributed by atoms with Crippen LogP contribution in [-0.2, 0) is 11.3 Å². The molecule has 0 heterocycles. The van der Waals surface area contributed by atoms with E-state index in [-0.39, 0.29) is 5.91 Å². The molecule has 4 heteroatoms. The standard InChI is InChI=1S/C14H16N2OS/c1-16(13(17)14(10-15)7-8-14)9-11-3-5-12(18-2)6-4-11/h3-6H,7-9H2,1-2H3. The smallest absolute Gasteiger partial charge is 0.243 e. The Morgan fingerprint density at radius 2 is 2.06 bits per heavy atom. The number of carbonyl (C=O) groups is 1. The Labute approximate surface area is 112 Å². The third-order valence-electron chi connectivity index (χ3n) is 3.30. The molecule has 0 radical (unpaired) electrons. The summed E-state index contributed by atoms with van der Waals surface area (Å²) in [5, 5.41) is 9.01. The van der Waals surface area contributed by atoms with E-state index < -0.39 is 5.41 Å². The highest BCUT2D eigenvalue weighted by atomic mass is 32.2. The van der Waals surface area contributed by atoms with E-state index in [2.05, 4.69) is 18.2 Å². The summed E-state index contributed by atoms with van der Waals surface area (Å²) in [6.45, 7) is 0.566. The normalized spacial score (nSPS) is 15.8. The Kier molecular flexibility index (Phi) is 3.63. The second-order valence-corrected chi connectivity index (χ2v) is 5.58. The van der Waals surface area contributed by atoms with Crippen LogP contribution in [0.4, 0.5) is 0 Å². The van der Waals surface area contributed by atoms with Crippen molar-refractivity contribution in [3.05, 3.63) is 29.8 Å². The first-order valence-corrected chi connectivity index (χ1v) is 7.13. The van der Waals surface area contributed by atoms with Crippen LogP contribution in [0.3, 0.4) is 0 Å². The molecule has 3 nitrogen and oxygen atoms in total. The van der Waals surface area contributed by atoms with Gasteiger partial charge in [-0.2, -0.15) is 5.26 Å². The largest absolute Gasteiger partial charge is 0.340 e. The zero-order valence-electron chi connectivity index (χ0n) is 10.6. The lowest BCUT2D eigenvalue weighted by molar-refractivity contribution is -0.134. The molecule has 1 fully saturated rings. The monoisotopic (exact) mass is 260 g/mol. The Hall–Kier alpha value is -1.47. The molecule has 2 rings (SSSR count). The summed E-state index contributed by atoms with van der Waals surface area (Å²) in [4.78, 5) is 15.0. The number of nitriles is 1. The Bertz CT molecular complexity index is 486. The minimum Gasteiger partial charge on any atom is -0.340 e. The van der Waals surface area contributed by atoms with Crippen molar-refractivity contribution in [2.45, 2.75) is 24.3 Å². The van der Waals surface area contributed by atoms with E-state index in [1.165, 1.54) is 4.90 Å². The predicted molar refractivity (Wildman–Crippen MR) is 72.0 cm³/mol. The van der Waals surface area contributed by atoms with Crippen LogP contribution in [0.1, 0.15) is 18.4 Å². The molecule has 0 aliphatic heterocycles. The maximum absolute atomic E-state index is 12.1. The molecule has 0 N–H and O–H groups in total. The van der Waals surface area contributed by atoms with Gasteiger partial charge in [0.15, 0.2) is 0 Å². The molecule has 0 bridgehead atoms. The van der Waals surface area contributed by atoms with Crippen molar-refractivity contribution in [1.29, 1.82) is 5.26 Å². The molecule has 1 aliphatic carbocycles. The van der Waals surface area contributed by atoms with Crippen molar-refractivity contribution in [2.24, 2.45) is 5.41 Å². The van der Waals surface area contributed by atoms with Gasteiger partial charge in [-0.05, 0) is 36.8 Å². The molecule has 0 aromatic heterocycles. The fourth-order valence-electron chi connectivity index (χ4n) is 1.94. The number of thioether (sulfide) groups is 1. The molecule has 0 spiro atoms. The van der Waals surface area contributed by atoms with Crippen molar-refractivity contribution in [3.8, 4) is 6.07 Å². The van der Waals surface area contributed by atoms with Crippen LogP contribution in [0.5, 0.6) is 0 Å². The van der Waals surface area contributed by atoms with Crippen molar-refractivity contribution in [3.63, 3.8) is 0 Å². The lowest BCUT2D eigenvalue weighted by Gasteiger charge is -2.19. The summed E-state index contributed by atoms with van der Waals surface area (Å²) in [5.74, 6) is -0.0426. The van der Waals surface area contributed by atoms with Gasteiger partial charge in [0.1, 0.15) is 5.41 Å². The molecule has 0 unspecified atom stereocenters. The quantitative estimate of drug-likeness (QED) is 0.782. The third kappa shape index (κ3) is 2.51. The van der Waals surface area contributed by atoms with Crippen LogP contribution in [0.15, 0.2) is 29.2 Å².